The zero-order valence-electron chi connectivity index (χ0n) is 12.1. The molecule has 1 aromatic rings. The van der Waals surface area contributed by atoms with Gasteiger partial charge in [0.25, 0.3) is 0 Å². The van der Waals surface area contributed by atoms with Gasteiger partial charge in [-0.2, -0.15) is 0 Å². The van der Waals surface area contributed by atoms with E-state index < -0.39 is 0 Å². The molecule has 0 saturated heterocycles. The Hall–Kier alpha value is -1.17. The van der Waals surface area contributed by atoms with Crippen molar-refractivity contribution < 1.29 is 9.84 Å². The number of aromatic nitrogens is 1. The van der Waals surface area contributed by atoms with Crippen LogP contribution in [0.15, 0.2) is 18.3 Å². The van der Waals surface area contributed by atoms with Crippen molar-refractivity contribution >= 4 is 5.82 Å². The second-order valence-corrected chi connectivity index (χ2v) is 4.67. The van der Waals surface area contributed by atoms with Crippen LogP contribution in [-0.4, -0.2) is 49.5 Å². The number of hydrogen-bond donors (Lipinski definition) is 2. The molecule has 0 aromatic carbocycles. The summed E-state index contributed by atoms with van der Waals surface area (Å²) in [6.07, 6.45) is 1.79. The third-order valence-electron chi connectivity index (χ3n) is 2.90. The van der Waals surface area contributed by atoms with Gasteiger partial charge in [-0.3, -0.25) is 0 Å². The first-order valence-electron chi connectivity index (χ1n) is 6.71. The van der Waals surface area contributed by atoms with Gasteiger partial charge in [0.1, 0.15) is 5.82 Å². The molecular weight excluding hydrogens is 242 g/mol. The highest BCUT2D eigenvalue weighted by molar-refractivity contribution is 5.47. The average Bonchev–Trinajstić information content (AvgIpc) is 2.41. The Kier molecular flexibility index (Phi) is 7.40. The van der Waals surface area contributed by atoms with Crippen LogP contribution in [0.25, 0.3) is 0 Å². The van der Waals surface area contributed by atoms with Crippen molar-refractivity contribution in [2.75, 3.05) is 38.3 Å². The molecule has 0 spiro atoms. The fourth-order valence-electron chi connectivity index (χ4n) is 1.94. The van der Waals surface area contributed by atoms with Crippen LogP contribution in [0, 0.1) is 0 Å². The van der Waals surface area contributed by atoms with E-state index in [1.807, 2.05) is 6.07 Å². The minimum Gasteiger partial charge on any atom is -0.395 e. The number of pyridine rings is 1. The smallest absolute Gasteiger partial charge is 0.133 e. The molecule has 0 saturated carbocycles. The van der Waals surface area contributed by atoms with Crippen molar-refractivity contribution in [3.63, 3.8) is 0 Å². The standard InChI is InChI=1S/C14H25N3O2/c1-12(2)17(8-9-18)14-13(5-4-6-16-14)11-15-7-10-19-3/h4-6,12,15,18H,7-11H2,1-3H3. The normalized spacial score (nSPS) is 11.0. The van der Waals surface area contributed by atoms with Crippen molar-refractivity contribution in [2.45, 2.75) is 26.4 Å². The van der Waals surface area contributed by atoms with E-state index in [1.165, 1.54) is 0 Å². The number of aliphatic hydroxyl groups is 1. The number of nitrogens with one attached hydrogen (secondary N) is 1. The van der Waals surface area contributed by atoms with Crippen LogP contribution in [0.4, 0.5) is 5.82 Å². The van der Waals surface area contributed by atoms with Gasteiger partial charge in [-0.1, -0.05) is 6.07 Å². The molecule has 1 heterocycles. The van der Waals surface area contributed by atoms with E-state index in [0.717, 1.165) is 24.5 Å². The highest BCUT2D eigenvalue weighted by Crippen LogP contribution is 2.19. The van der Waals surface area contributed by atoms with E-state index in [0.29, 0.717) is 19.2 Å². The Balaban J connectivity index is 2.75. The average molecular weight is 267 g/mol. The van der Waals surface area contributed by atoms with Crippen molar-refractivity contribution in [1.29, 1.82) is 0 Å². The third kappa shape index (κ3) is 5.14. The molecule has 0 atom stereocenters. The van der Waals surface area contributed by atoms with Crippen LogP contribution in [0.5, 0.6) is 0 Å². The number of anilines is 1. The first-order chi connectivity index (χ1) is 9.20. The Bertz CT molecular complexity index is 358. The highest BCUT2D eigenvalue weighted by atomic mass is 16.5. The number of methoxy groups -OCH3 is 1. The summed E-state index contributed by atoms with van der Waals surface area (Å²) >= 11 is 0. The number of ether oxygens (including phenoxy) is 1. The van der Waals surface area contributed by atoms with Gasteiger partial charge in [0, 0.05) is 44.5 Å². The van der Waals surface area contributed by atoms with E-state index in [2.05, 4.69) is 35.1 Å². The van der Waals surface area contributed by atoms with E-state index in [-0.39, 0.29) is 6.61 Å². The summed E-state index contributed by atoms with van der Waals surface area (Å²) < 4.78 is 5.01. The number of nitrogens with zero attached hydrogens (tertiary/aromatic N) is 2. The summed E-state index contributed by atoms with van der Waals surface area (Å²) in [6, 6.07) is 4.31. The molecule has 108 valence electrons. The molecule has 0 radical (unpaired) electrons. The third-order valence-corrected chi connectivity index (χ3v) is 2.90. The lowest BCUT2D eigenvalue weighted by Crippen LogP contribution is -2.35. The van der Waals surface area contributed by atoms with Gasteiger partial charge in [-0.05, 0) is 19.9 Å². The van der Waals surface area contributed by atoms with Crippen LogP contribution in [-0.2, 0) is 11.3 Å². The molecular formula is C14H25N3O2. The van der Waals surface area contributed by atoms with E-state index >= 15 is 0 Å². The SMILES string of the molecule is COCCNCc1cccnc1N(CCO)C(C)C. The van der Waals surface area contributed by atoms with Gasteiger partial charge in [-0.25, -0.2) is 4.98 Å². The van der Waals surface area contributed by atoms with Crippen molar-refractivity contribution in [2.24, 2.45) is 0 Å². The Morgan fingerprint density at radius 3 is 2.89 bits per heavy atom. The minimum atomic E-state index is 0.130. The first-order valence-corrected chi connectivity index (χ1v) is 6.71. The highest BCUT2D eigenvalue weighted by Gasteiger charge is 2.14. The van der Waals surface area contributed by atoms with E-state index in [9.17, 15) is 5.11 Å². The molecule has 5 nitrogen and oxygen atoms in total. The van der Waals surface area contributed by atoms with Crippen molar-refractivity contribution in [3.05, 3.63) is 23.9 Å². The number of rotatable bonds is 9. The molecule has 2 N–H and O–H groups in total. The van der Waals surface area contributed by atoms with Gasteiger partial charge >= 0.3 is 0 Å². The Morgan fingerprint density at radius 2 is 2.26 bits per heavy atom. The summed E-state index contributed by atoms with van der Waals surface area (Å²) in [5, 5.41) is 12.5. The molecule has 0 unspecified atom stereocenters. The minimum absolute atomic E-state index is 0.130. The summed E-state index contributed by atoms with van der Waals surface area (Å²) in [7, 11) is 1.69. The molecule has 0 amide bonds. The van der Waals surface area contributed by atoms with Crippen LogP contribution in [0.1, 0.15) is 19.4 Å². The lowest BCUT2D eigenvalue weighted by molar-refractivity contribution is 0.199. The molecule has 1 aromatic heterocycles. The monoisotopic (exact) mass is 267 g/mol. The molecule has 0 fully saturated rings. The van der Waals surface area contributed by atoms with Gasteiger partial charge in [0.05, 0.1) is 13.2 Å². The summed E-state index contributed by atoms with van der Waals surface area (Å²) in [5.41, 5.74) is 1.14. The fraction of sp³-hybridized carbons (Fsp3) is 0.643. The van der Waals surface area contributed by atoms with Gasteiger partial charge in [0.2, 0.25) is 0 Å². The molecule has 5 heteroatoms. The number of hydrogen-bond acceptors (Lipinski definition) is 5. The zero-order chi connectivity index (χ0) is 14.1. The molecule has 19 heavy (non-hydrogen) atoms. The maximum Gasteiger partial charge on any atom is 0.133 e. The molecule has 1 rings (SSSR count). The van der Waals surface area contributed by atoms with Crippen molar-refractivity contribution in [3.8, 4) is 0 Å². The second-order valence-electron chi connectivity index (χ2n) is 4.67. The molecule has 0 aliphatic carbocycles. The van der Waals surface area contributed by atoms with Crippen LogP contribution in [0.3, 0.4) is 0 Å². The van der Waals surface area contributed by atoms with Crippen molar-refractivity contribution in [1.82, 2.24) is 10.3 Å². The fourth-order valence-corrected chi connectivity index (χ4v) is 1.94. The van der Waals surface area contributed by atoms with E-state index in [4.69, 9.17) is 4.74 Å². The lowest BCUT2D eigenvalue weighted by Gasteiger charge is -2.29. The Labute approximate surface area is 115 Å². The van der Waals surface area contributed by atoms with Crippen LogP contribution >= 0.6 is 0 Å². The maximum atomic E-state index is 9.18. The van der Waals surface area contributed by atoms with Gasteiger partial charge in [0.15, 0.2) is 0 Å². The van der Waals surface area contributed by atoms with Gasteiger partial charge in [-0.15, -0.1) is 0 Å². The predicted octanol–water partition coefficient (Wildman–Crippen LogP) is 1.02. The summed E-state index contributed by atoms with van der Waals surface area (Å²) in [5.74, 6) is 0.941. The molecule has 0 aliphatic heterocycles. The largest absolute Gasteiger partial charge is 0.395 e. The van der Waals surface area contributed by atoms with Crippen LogP contribution < -0.4 is 10.2 Å². The molecule has 0 bridgehead atoms. The molecule has 0 aliphatic rings. The zero-order valence-corrected chi connectivity index (χ0v) is 12.1. The first kappa shape index (κ1) is 15.9. The van der Waals surface area contributed by atoms with Crippen LogP contribution in [0.2, 0.25) is 0 Å². The van der Waals surface area contributed by atoms with Gasteiger partial charge < -0.3 is 20.1 Å². The second kappa shape index (κ2) is 8.85. The maximum absolute atomic E-state index is 9.18. The topological polar surface area (TPSA) is 57.6 Å². The lowest BCUT2D eigenvalue weighted by atomic mass is 10.2. The number of aliphatic hydroxyl groups excluding tert-OH is 1. The summed E-state index contributed by atoms with van der Waals surface area (Å²) in [4.78, 5) is 6.58. The summed E-state index contributed by atoms with van der Waals surface area (Å²) in [6.45, 7) is 7.19. The quantitative estimate of drug-likeness (QED) is 0.654. The van der Waals surface area contributed by atoms with E-state index in [1.54, 1.807) is 13.3 Å². The predicted molar refractivity (Wildman–Crippen MR) is 77.4 cm³/mol. The Morgan fingerprint density at radius 1 is 1.47 bits per heavy atom.